The zero-order valence-electron chi connectivity index (χ0n) is 14.9. The Balaban J connectivity index is 0.000000271. The van der Waals surface area contributed by atoms with Gasteiger partial charge in [0.25, 0.3) is 0 Å². The second-order valence-corrected chi connectivity index (χ2v) is 5.68. The fourth-order valence-corrected chi connectivity index (χ4v) is 2.67. The summed E-state index contributed by atoms with van der Waals surface area (Å²) in [6, 6.07) is 0. The Morgan fingerprint density at radius 2 is 0.571 bits per heavy atom. The first kappa shape index (κ1) is 26.2. The van der Waals surface area contributed by atoms with Gasteiger partial charge >= 0.3 is 34.1 Å². The Bertz CT molecular complexity index is 529. The standard InChI is InChI=1S/C14H8O2.2C5H5.2Fe/c15-13-11(9-5-1-2-6-9)12(14(13)16)10-7-3-4-8-10;2*1-2-4-5-3-1;;/h1-8H;2*1-5H;;/q;;;2*+2. The van der Waals surface area contributed by atoms with Crippen LogP contribution in [0.1, 0.15) is 11.1 Å². The van der Waals surface area contributed by atoms with E-state index < -0.39 is 0 Å². The van der Waals surface area contributed by atoms with E-state index >= 15 is 0 Å². The van der Waals surface area contributed by atoms with Crippen molar-refractivity contribution in [1.82, 2.24) is 0 Å². The van der Waals surface area contributed by atoms with Crippen molar-refractivity contribution in [2.75, 3.05) is 0 Å². The number of hydrogen-bond donors (Lipinski definition) is 0. The molecular weight excluding hydrogens is 432 g/mol. The Labute approximate surface area is 192 Å². The van der Waals surface area contributed by atoms with Crippen molar-refractivity contribution in [3.63, 3.8) is 0 Å². The molecule has 0 saturated heterocycles. The van der Waals surface area contributed by atoms with Gasteiger partial charge in [0.15, 0.2) is 0 Å². The Kier molecular flexibility index (Phi) is 13.2. The van der Waals surface area contributed by atoms with Crippen molar-refractivity contribution in [2.45, 2.75) is 0 Å². The fourth-order valence-electron chi connectivity index (χ4n) is 2.67. The van der Waals surface area contributed by atoms with Crippen LogP contribution in [0.3, 0.4) is 0 Å². The summed E-state index contributed by atoms with van der Waals surface area (Å²) in [7, 11) is 0. The van der Waals surface area contributed by atoms with E-state index in [4.69, 9.17) is 0 Å². The van der Waals surface area contributed by atoms with Crippen molar-refractivity contribution in [3.05, 3.63) is 159 Å². The summed E-state index contributed by atoms with van der Waals surface area (Å²) < 4.78 is 0. The van der Waals surface area contributed by atoms with Gasteiger partial charge in [0.1, 0.15) is 0 Å². The summed E-state index contributed by atoms with van der Waals surface area (Å²) in [6.45, 7) is 0. The van der Waals surface area contributed by atoms with E-state index in [2.05, 4.69) is 0 Å². The molecule has 138 valence electrons. The van der Waals surface area contributed by atoms with E-state index in [0.29, 0.717) is 11.1 Å². The normalized spacial score (nSPS) is 22.0. The minimum absolute atomic E-state index is 0. The molecule has 4 saturated carbocycles. The molecule has 0 aliphatic heterocycles. The van der Waals surface area contributed by atoms with E-state index in [1.807, 2.05) is 116 Å². The van der Waals surface area contributed by atoms with E-state index in [-0.39, 0.29) is 45.0 Å². The Morgan fingerprint density at radius 3 is 0.786 bits per heavy atom. The maximum absolute atomic E-state index is 11.6. The zero-order chi connectivity index (χ0) is 18.2. The third-order valence-corrected chi connectivity index (χ3v) is 3.92. The molecule has 4 aliphatic rings. The average Bonchev–Trinajstić information content (AvgIpc) is 3.49. The Hall–Kier alpha value is 0.119. The van der Waals surface area contributed by atoms with Gasteiger partial charge in [-0.1, -0.05) is 0 Å². The van der Waals surface area contributed by atoms with Crippen LogP contribution in [0.4, 0.5) is 0 Å². The molecule has 0 heterocycles. The fraction of sp³-hybridized carbons (Fsp3) is 0. The van der Waals surface area contributed by atoms with Crippen LogP contribution in [0.15, 0.2) is 9.59 Å². The molecule has 0 unspecified atom stereocenters. The summed E-state index contributed by atoms with van der Waals surface area (Å²) in [5.74, 6) is 1.67. The Morgan fingerprint density at radius 1 is 0.357 bits per heavy atom. The molecule has 0 amide bonds. The third kappa shape index (κ3) is 7.12. The molecule has 0 N–H and O–H groups in total. The smallest absolute Gasteiger partial charge is 0.285 e. The van der Waals surface area contributed by atoms with E-state index in [1.165, 1.54) is 0 Å². The van der Waals surface area contributed by atoms with Gasteiger partial charge in [-0.2, -0.15) is 0 Å². The van der Waals surface area contributed by atoms with Gasteiger partial charge in [-0.3, -0.25) is 9.59 Å². The first-order valence-corrected chi connectivity index (χ1v) is 8.40. The molecule has 0 atom stereocenters. The summed E-state index contributed by atoms with van der Waals surface area (Å²) in [5.41, 5.74) is 0.368. The molecule has 20 radical (unpaired) electrons. The molecule has 1 aromatic rings. The molecule has 5 rings (SSSR count). The summed E-state index contributed by atoms with van der Waals surface area (Å²) in [6.07, 6.45) is 34.8. The van der Waals surface area contributed by atoms with Gasteiger partial charge in [-0.15, -0.1) is 0 Å². The summed E-state index contributed by atoms with van der Waals surface area (Å²) in [5, 5.41) is 0. The maximum atomic E-state index is 11.6. The van der Waals surface area contributed by atoms with Gasteiger partial charge in [0.2, 0.25) is 10.9 Å². The van der Waals surface area contributed by atoms with Crippen LogP contribution in [-0.2, 0) is 34.1 Å². The van der Waals surface area contributed by atoms with E-state index in [9.17, 15) is 9.59 Å². The number of rotatable bonds is 2. The van der Waals surface area contributed by atoms with Crippen LogP contribution in [-0.4, -0.2) is 0 Å². The SMILES string of the molecule is O=c1c([C]2[CH][CH][CH][CH]2)c([C]2[CH][CH][CH][CH]2)c1=O.[CH]1[CH][CH][CH][CH]1.[CH]1[CH][CH][CH][CH]1.[Fe+2].[Fe+2]. The third-order valence-electron chi connectivity index (χ3n) is 3.92. The predicted octanol–water partition coefficient (Wildman–Crippen LogP) is 2.83. The van der Waals surface area contributed by atoms with Crippen molar-refractivity contribution in [3.8, 4) is 0 Å². The summed E-state index contributed by atoms with van der Waals surface area (Å²) in [4.78, 5) is 23.1. The van der Waals surface area contributed by atoms with Crippen molar-refractivity contribution >= 4 is 0 Å². The molecule has 4 fully saturated rings. The molecule has 0 spiro atoms. The topological polar surface area (TPSA) is 34.1 Å². The van der Waals surface area contributed by atoms with Crippen LogP contribution in [0.5, 0.6) is 0 Å². The molecule has 2 nitrogen and oxygen atoms in total. The van der Waals surface area contributed by atoms with Crippen LogP contribution in [0.2, 0.25) is 0 Å². The predicted molar refractivity (Wildman–Crippen MR) is 103 cm³/mol. The van der Waals surface area contributed by atoms with Crippen LogP contribution in [0.25, 0.3) is 0 Å². The van der Waals surface area contributed by atoms with Crippen LogP contribution in [0, 0.1) is 127 Å². The van der Waals surface area contributed by atoms with E-state index in [1.54, 1.807) is 0 Å². The van der Waals surface area contributed by atoms with Crippen LogP contribution < -0.4 is 10.9 Å². The maximum Gasteiger partial charge on any atom is 2.00 e. The first-order chi connectivity index (χ1) is 12.8. The van der Waals surface area contributed by atoms with Crippen molar-refractivity contribution < 1.29 is 34.1 Å². The molecule has 28 heavy (non-hydrogen) atoms. The van der Waals surface area contributed by atoms with Gasteiger partial charge in [-0.25, -0.2) is 0 Å². The van der Waals surface area contributed by atoms with Crippen LogP contribution >= 0.6 is 0 Å². The molecule has 0 aromatic heterocycles. The molecule has 4 aliphatic carbocycles. The quantitative estimate of drug-likeness (QED) is 0.514. The minimum atomic E-state index is -0.373. The largest absolute Gasteiger partial charge is 2.00 e. The van der Waals surface area contributed by atoms with Gasteiger partial charge in [-0.05, 0) is 116 Å². The second-order valence-electron chi connectivity index (χ2n) is 5.68. The molecule has 1 aromatic carbocycles. The van der Waals surface area contributed by atoms with Crippen molar-refractivity contribution in [1.29, 1.82) is 0 Å². The summed E-state index contributed by atoms with van der Waals surface area (Å²) >= 11 is 0. The van der Waals surface area contributed by atoms with Gasteiger partial charge in [0.05, 0.1) is 0 Å². The van der Waals surface area contributed by atoms with Gasteiger partial charge < -0.3 is 0 Å². The average molecular weight is 450 g/mol. The molecular formula is C24H18Fe2O2+4. The minimum Gasteiger partial charge on any atom is -0.285 e. The van der Waals surface area contributed by atoms with Crippen molar-refractivity contribution in [2.24, 2.45) is 0 Å². The van der Waals surface area contributed by atoms with Gasteiger partial charge in [0, 0.05) is 23.0 Å². The second kappa shape index (κ2) is 14.2. The number of hydrogen-bond acceptors (Lipinski definition) is 2. The van der Waals surface area contributed by atoms with E-state index in [0.717, 1.165) is 11.8 Å². The first-order valence-electron chi connectivity index (χ1n) is 8.40. The zero-order valence-corrected chi connectivity index (χ0v) is 17.1. The molecule has 0 bridgehead atoms. The molecule has 4 heteroatoms. The monoisotopic (exact) mass is 450 g/mol.